The van der Waals surface area contributed by atoms with Crippen LogP contribution in [-0.2, 0) is 6.42 Å². The average Bonchev–Trinajstić information content (AvgIpc) is 3.11. The average molecular weight is 432 g/mol. The Labute approximate surface area is 175 Å². The van der Waals surface area contributed by atoms with Gasteiger partial charge in [0.2, 0.25) is 0 Å². The normalized spacial score (nSPS) is 21.2. The lowest BCUT2D eigenvalue weighted by atomic mass is 10.1. The Balaban J connectivity index is 0.00000131. The third-order valence-electron chi connectivity index (χ3n) is 5.11. The number of aryl methyl sites for hydroxylation is 1. The lowest BCUT2D eigenvalue weighted by Gasteiger charge is -2.23. The van der Waals surface area contributed by atoms with Gasteiger partial charge in [-0.15, -0.1) is 36.2 Å². The molecule has 0 spiro atoms. The number of benzene rings is 1. The number of hydrogen-bond acceptors (Lipinski definition) is 4. The van der Waals surface area contributed by atoms with E-state index in [1.807, 2.05) is 11.8 Å². The monoisotopic (exact) mass is 431 g/mol. The molecule has 1 amide bonds. The van der Waals surface area contributed by atoms with Gasteiger partial charge in [-0.2, -0.15) is 0 Å². The second-order valence-electron chi connectivity index (χ2n) is 7.00. The van der Waals surface area contributed by atoms with E-state index in [9.17, 15) is 9.18 Å². The number of aromatic nitrogens is 1. The topological polar surface area (TPSA) is 45.2 Å². The third kappa shape index (κ3) is 4.99. The molecule has 0 radical (unpaired) electrons. The SMILES string of the molecule is Cc1nc(Cc2ccc(F)cc2)sc1C(=O)N1CCC2CCC(C1)N2.Cl.Cl. The van der Waals surface area contributed by atoms with Gasteiger partial charge in [-0.25, -0.2) is 9.37 Å². The summed E-state index contributed by atoms with van der Waals surface area (Å²) in [5.41, 5.74) is 1.81. The maximum atomic E-state index is 13.0. The highest BCUT2D eigenvalue weighted by Gasteiger charge is 2.32. The Morgan fingerprint density at radius 1 is 1.22 bits per heavy atom. The zero-order chi connectivity index (χ0) is 17.4. The van der Waals surface area contributed by atoms with Crippen LogP contribution >= 0.6 is 36.2 Å². The van der Waals surface area contributed by atoms with Crippen LogP contribution in [0.1, 0.15) is 45.2 Å². The van der Waals surface area contributed by atoms with Crippen molar-refractivity contribution in [3.63, 3.8) is 0 Å². The molecule has 4 rings (SSSR count). The molecule has 8 heteroatoms. The van der Waals surface area contributed by atoms with E-state index < -0.39 is 0 Å². The Morgan fingerprint density at radius 2 is 1.93 bits per heavy atom. The molecule has 2 saturated heterocycles. The number of rotatable bonds is 3. The lowest BCUT2D eigenvalue weighted by molar-refractivity contribution is 0.0752. The number of hydrogen-bond donors (Lipinski definition) is 1. The smallest absolute Gasteiger partial charge is 0.265 e. The zero-order valence-corrected chi connectivity index (χ0v) is 17.6. The third-order valence-corrected chi connectivity index (χ3v) is 6.26. The molecule has 2 fully saturated rings. The summed E-state index contributed by atoms with van der Waals surface area (Å²) in [6, 6.07) is 7.46. The molecule has 2 aliphatic heterocycles. The van der Waals surface area contributed by atoms with Gasteiger partial charge in [0.25, 0.3) is 5.91 Å². The lowest BCUT2D eigenvalue weighted by Crippen LogP contribution is -2.39. The van der Waals surface area contributed by atoms with Crippen molar-refractivity contribution < 1.29 is 9.18 Å². The van der Waals surface area contributed by atoms with Gasteiger partial charge < -0.3 is 10.2 Å². The molecule has 2 atom stereocenters. The van der Waals surface area contributed by atoms with Crippen molar-refractivity contribution in [2.24, 2.45) is 0 Å². The molecule has 2 unspecified atom stereocenters. The van der Waals surface area contributed by atoms with E-state index in [0.717, 1.165) is 47.1 Å². The number of amides is 1. The molecule has 2 bridgehead atoms. The first-order valence-corrected chi connectivity index (χ1v) is 9.66. The first-order chi connectivity index (χ1) is 12.1. The fourth-order valence-corrected chi connectivity index (χ4v) is 4.84. The Bertz CT molecular complexity index is 784. The molecule has 3 heterocycles. The van der Waals surface area contributed by atoms with Crippen molar-refractivity contribution in [1.29, 1.82) is 0 Å². The van der Waals surface area contributed by atoms with Crippen molar-refractivity contribution in [2.75, 3.05) is 13.1 Å². The van der Waals surface area contributed by atoms with Gasteiger partial charge >= 0.3 is 0 Å². The standard InChI is InChI=1S/C19H22FN3OS.2ClH/c1-12-18(19(24)23-9-8-15-6-7-16(11-23)22-15)25-17(21-12)10-13-2-4-14(20)5-3-13;;/h2-5,15-16,22H,6-11H2,1H3;2*1H. The minimum atomic E-state index is -0.237. The van der Waals surface area contributed by atoms with Gasteiger partial charge in [0, 0.05) is 31.6 Å². The number of thiazole rings is 1. The first-order valence-electron chi connectivity index (χ1n) is 8.84. The number of nitrogens with one attached hydrogen (secondary N) is 1. The molecule has 148 valence electrons. The minimum absolute atomic E-state index is 0. The van der Waals surface area contributed by atoms with E-state index >= 15 is 0 Å². The molecule has 0 saturated carbocycles. The maximum Gasteiger partial charge on any atom is 0.265 e. The molecule has 1 aromatic heterocycles. The van der Waals surface area contributed by atoms with Gasteiger partial charge in [-0.05, 0) is 43.9 Å². The number of carbonyl (C=O) groups excluding carboxylic acids is 1. The number of carbonyl (C=O) groups is 1. The maximum absolute atomic E-state index is 13.0. The molecule has 2 aromatic rings. The molecule has 4 nitrogen and oxygen atoms in total. The summed E-state index contributed by atoms with van der Waals surface area (Å²) in [6.07, 6.45) is 4.05. The van der Waals surface area contributed by atoms with Crippen LogP contribution in [0, 0.1) is 12.7 Å². The van der Waals surface area contributed by atoms with Crippen molar-refractivity contribution in [3.05, 3.63) is 51.2 Å². The van der Waals surface area contributed by atoms with Crippen molar-refractivity contribution in [1.82, 2.24) is 15.2 Å². The van der Waals surface area contributed by atoms with Crippen LogP contribution in [0.25, 0.3) is 0 Å². The van der Waals surface area contributed by atoms with Crippen LogP contribution in [0.5, 0.6) is 0 Å². The summed E-state index contributed by atoms with van der Waals surface area (Å²) in [5.74, 6) is -0.131. The highest BCUT2D eigenvalue weighted by atomic mass is 35.5. The van der Waals surface area contributed by atoms with Crippen LogP contribution in [0.4, 0.5) is 4.39 Å². The van der Waals surface area contributed by atoms with E-state index in [0.29, 0.717) is 18.5 Å². The summed E-state index contributed by atoms with van der Waals surface area (Å²) in [6.45, 7) is 3.51. The van der Waals surface area contributed by atoms with Gasteiger partial charge in [0.15, 0.2) is 0 Å². The van der Waals surface area contributed by atoms with E-state index in [1.54, 1.807) is 12.1 Å². The summed E-state index contributed by atoms with van der Waals surface area (Å²) in [7, 11) is 0. The van der Waals surface area contributed by atoms with Gasteiger partial charge in [-0.3, -0.25) is 4.79 Å². The Hall–Kier alpha value is -1.21. The quantitative estimate of drug-likeness (QED) is 0.798. The number of halogens is 3. The highest BCUT2D eigenvalue weighted by Crippen LogP contribution is 2.26. The van der Waals surface area contributed by atoms with Crippen LogP contribution in [0.15, 0.2) is 24.3 Å². The van der Waals surface area contributed by atoms with E-state index in [2.05, 4.69) is 10.3 Å². The second kappa shape index (κ2) is 9.32. The van der Waals surface area contributed by atoms with E-state index in [4.69, 9.17) is 0 Å². The summed E-state index contributed by atoms with van der Waals surface area (Å²) in [4.78, 5) is 20.3. The van der Waals surface area contributed by atoms with Crippen LogP contribution in [0.2, 0.25) is 0 Å². The molecular formula is C19H24Cl2FN3OS. The highest BCUT2D eigenvalue weighted by molar-refractivity contribution is 7.13. The van der Waals surface area contributed by atoms with Crippen LogP contribution < -0.4 is 5.32 Å². The number of nitrogens with zero attached hydrogens (tertiary/aromatic N) is 2. The van der Waals surface area contributed by atoms with Crippen LogP contribution in [-0.4, -0.2) is 41.0 Å². The first kappa shape index (κ1) is 22.1. The molecule has 27 heavy (non-hydrogen) atoms. The minimum Gasteiger partial charge on any atom is -0.336 e. The fourth-order valence-electron chi connectivity index (χ4n) is 3.77. The molecule has 1 aromatic carbocycles. The Morgan fingerprint density at radius 3 is 2.67 bits per heavy atom. The molecule has 1 N–H and O–H groups in total. The molecule has 2 aliphatic rings. The predicted octanol–water partition coefficient (Wildman–Crippen LogP) is 3.99. The molecular weight excluding hydrogens is 408 g/mol. The summed E-state index contributed by atoms with van der Waals surface area (Å²) < 4.78 is 13.0. The number of likely N-dealkylation sites (tertiary alicyclic amines) is 1. The van der Waals surface area contributed by atoms with Crippen molar-refractivity contribution in [2.45, 2.75) is 44.7 Å². The summed E-state index contributed by atoms with van der Waals surface area (Å²) in [5, 5.41) is 4.51. The van der Waals surface area contributed by atoms with Crippen molar-refractivity contribution in [3.8, 4) is 0 Å². The largest absolute Gasteiger partial charge is 0.336 e. The number of fused-ring (bicyclic) bond motifs is 2. The van der Waals surface area contributed by atoms with Crippen molar-refractivity contribution >= 4 is 42.1 Å². The zero-order valence-electron chi connectivity index (χ0n) is 15.1. The Kier molecular flexibility index (Phi) is 7.63. The molecule has 0 aliphatic carbocycles. The van der Waals surface area contributed by atoms with Crippen LogP contribution in [0.3, 0.4) is 0 Å². The van der Waals surface area contributed by atoms with Gasteiger partial charge in [-0.1, -0.05) is 12.1 Å². The second-order valence-corrected chi connectivity index (χ2v) is 8.09. The fraction of sp³-hybridized carbons (Fsp3) is 0.474. The van der Waals surface area contributed by atoms with E-state index in [-0.39, 0.29) is 36.5 Å². The van der Waals surface area contributed by atoms with E-state index in [1.165, 1.54) is 29.9 Å². The van der Waals surface area contributed by atoms with Gasteiger partial charge in [0.1, 0.15) is 10.7 Å². The van der Waals surface area contributed by atoms with Gasteiger partial charge in [0.05, 0.1) is 10.7 Å². The predicted molar refractivity (Wildman–Crippen MR) is 111 cm³/mol. The summed E-state index contributed by atoms with van der Waals surface area (Å²) >= 11 is 1.47.